The van der Waals surface area contributed by atoms with Crippen molar-refractivity contribution >= 4 is 5.82 Å². The van der Waals surface area contributed by atoms with Crippen LogP contribution in [0.2, 0.25) is 0 Å². The molecule has 35 heavy (non-hydrogen) atoms. The number of anilines is 1. The number of hydrogen-bond acceptors (Lipinski definition) is 6. The van der Waals surface area contributed by atoms with Crippen molar-refractivity contribution in [2.75, 3.05) is 38.7 Å². The number of nitrogens with zero attached hydrogens (tertiary/aromatic N) is 3. The number of benzene rings is 2. The number of ether oxygens (including phenoxy) is 2. The Hall–Kier alpha value is -3.33. The van der Waals surface area contributed by atoms with Gasteiger partial charge in [-0.25, -0.2) is 13.2 Å². The summed E-state index contributed by atoms with van der Waals surface area (Å²) in [5.41, 5.74) is -0.157. The maximum Gasteiger partial charge on any atom is 0.168 e. The van der Waals surface area contributed by atoms with Crippen LogP contribution >= 0.6 is 0 Å². The molecule has 3 atom stereocenters. The average molecular weight is 485 g/mol. The molecule has 1 aliphatic heterocycles. The first-order chi connectivity index (χ1) is 17.0. The third-order valence-electron chi connectivity index (χ3n) is 6.85. The van der Waals surface area contributed by atoms with Crippen molar-refractivity contribution in [1.82, 2.24) is 15.1 Å². The minimum absolute atomic E-state index is 0.0854. The lowest BCUT2D eigenvalue weighted by molar-refractivity contribution is 0.226. The van der Waals surface area contributed by atoms with Crippen molar-refractivity contribution in [3.05, 3.63) is 66.0 Å². The van der Waals surface area contributed by atoms with E-state index in [9.17, 15) is 13.2 Å². The minimum Gasteiger partial charge on any atom is -0.497 e. The van der Waals surface area contributed by atoms with E-state index in [1.54, 1.807) is 13.2 Å². The molecule has 1 saturated carbocycles. The normalized spacial score (nSPS) is 21.7. The molecule has 2 aromatic carbocycles. The summed E-state index contributed by atoms with van der Waals surface area (Å²) in [7, 11) is 1.64. The highest BCUT2D eigenvalue weighted by molar-refractivity contribution is 5.60. The summed E-state index contributed by atoms with van der Waals surface area (Å²) in [5.74, 6) is 0.210. The molecule has 0 radical (unpaired) electrons. The molecule has 6 nitrogen and oxygen atoms in total. The minimum atomic E-state index is -1.25. The lowest BCUT2D eigenvalue weighted by atomic mass is 10.0. The summed E-state index contributed by atoms with van der Waals surface area (Å²) >= 11 is 0. The van der Waals surface area contributed by atoms with Gasteiger partial charge in [0, 0.05) is 37.3 Å². The van der Waals surface area contributed by atoms with Gasteiger partial charge in [-0.15, -0.1) is 10.2 Å². The highest BCUT2D eigenvalue weighted by Gasteiger charge is 2.40. The molecule has 1 N–H and O–H groups in total. The quantitative estimate of drug-likeness (QED) is 0.465. The van der Waals surface area contributed by atoms with E-state index in [4.69, 9.17) is 9.47 Å². The predicted octanol–water partition coefficient (Wildman–Crippen LogP) is 4.77. The van der Waals surface area contributed by atoms with E-state index >= 15 is 0 Å². The standard InChI is InChI=1S/C26H27F3N4O2/c1-34-20-2-4-21(5-3-20)35-9-8-33-14-16-10-19(11-17(16)15-33)30-25-7-6-24(31-32-25)22-12-18(27)13-23(28)26(22)29/h2-7,12-13,16-17,19H,8-11,14-15H2,1H3,(H,30,32)/t16-,17+,19+. The first kappa shape index (κ1) is 23.4. The number of hydrogen-bond donors (Lipinski definition) is 1. The highest BCUT2D eigenvalue weighted by Crippen LogP contribution is 2.39. The second-order valence-corrected chi connectivity index (χ2v) is 9.17. The molecule has 1 aromatic heterocycles. The largest absolute Gasteiger partial charge is 0.497 e. The molecule has 9 heteroatoms. The van der Waals surface area contributed by atoms with Crippen LogP contribution in [0.25, 0.3) is 11.3 Å². The summed E-state index contributed by atoms with van der Waals surface area (Å²) < 4.78 is 52.0. The second kappa shape index (κ2) is 10.1. The Morgan fingerprint density at radius 2 is 1.66 bits per heavy atom. The fourth-order valence-corrected chi connectivity index (χ4v) is 5.17. The molecular weight excluding hydrogens is 457 g/mol. The zero-order valence-electron chi connectivity index (χ0n) is 19.4. The summed E-state index contributed by atoms with van der Waals surface area (Å²) in [6, 6.07) is 12.5. The molecule has 0 unspecified atom stereocenters. The molecule has 0 bridgehead atoms. The number of fused-ring (bicyclic) bond motifs is 1. The lowest BCUT2D eigenvalue weighted by Crippen LogP contribution is -2.29. The number of aromatic nitrogens is 2. The Bertz CT molecular complexity index is 1150. The van der Waals surface area contributed by atoms with Crippen LogP contribution in [-0.4, -0.2) is 54.5 Å². The molecule has 5 rings (SSSR count). The van der Waals surface area contributed by atoms with Gasteiger partial charge in [-0.2, -0.15) is 0 Å². The molecule has 3 aromatic rings. The maximum absolute atomic E-state index is 14.0. The van der Waals surface area contributed by atoms with Crippen LogP contribution in [0.15, 0.2) is 48.5 Å². The summed E-state index contributed by atoms with van der Waals surface area (Å²) in [5, 5.41) is 11.5. The van der Waals surface area contributed by atoms with Crippen molar-refractivity contribution in [3.63, 3.8) is 0 Å². The van der Waals surface area contributed by atoms with E-state index in [0.29, 0.717) is 30.3 Å². The summed E-state index contributed by atoms with van der Waals surface area (Å²) in [4.78, 5) is 2.45. The van der Waals surface area contributed by atoms with Crippen LogP contribution in [0.5, 0.6) is 11.5 Å². The number of methoxy groups -OCH3 is 1. The molecule has 0 amide bonds. The number of rotatable bonds is 8. The van der Waals surface area contributed by atoms with Crippen LogP contribution in [0, 0.1) is 29.3 Å². The van der Waals surface area contributed by atoms with Crippen LogP contribution in [0.4, 0.5) is 19.0 Å². The van der Waals surface area contributed by atoms with Gasteiger partial charge in [0.1, 0.15) is 29.7 Å². The smallest absolute Gasteiger partial charge is 0.168 e. The number of nitrogens with one attached hydrogen (secondary N) is 1. The van der Waals surface area contributed by atoms with Crippen molar-refractivity contribution < 1.29 is 22.6 Å². The molecule has 2 aliphatic rings. The maximum atomic E-state index is 14.0. The number of halogens is 3. The fraction of sp³-hybridized carbons (Fsp3) is 0.385. The van der Waals surface area contributed by atoms with Crippen molar-refractivity contribution in [2.45, 2.75) is 18.9 Å². The van der Waals surface area contributed by atoms with Crippen LogP contribution in [0.3, 0.4) is 0 Å². The van der Waals surface area contributed by atoms with Crippen molar-refractivity contribution in [2.24, 2.45) is 11.8 Å². The van der Waals surface area contributed by atoms with Gasteiger partial charge in [-0.3, -0.25) is 4.90 Å². The van der Waals surface area contributed by atoms with Gasteiger partial charge in [0.2, 0.25) is 0 Å². The predicted molar refractivity (Wildman–Crippen MR) is 126 cm³/mol. The lowest BCUT2D eigenvalue weighted by Gasteiger charge is -2.20. The van der Waals surface area contributed by atoms with Gasteiger partial charge in [-0.1, -0.05) is 0 Å². The summed E-state index contributed by atoms with van der Waals surface area (Å²) in [6.45, 7) is 3.63. The molecule has 1 saturated heterocycles. The Labute approximate surface area is 202 Å². The van der Waals surface area contributed by atoms with E-state index in [-0.39, 0.29) is 17.3 Å². The second-order valence-electron chi connectivity index (χ2n) is 9.17. The molecule has 2 fully saturated rings. The molecule has 2 heterocycles. The van der Waals surface area contributed by atoms with Crippen LogP contribution in [-0.2, 0) is 0 Å². The average Bonchev–Trinajstić information content (AvgIpc) is 3.40. The third-order valence-corrected chi connectivity index (χ3v) is 6.85. The third kappa shape index (κ3) is 5.35. The van der Waals surface area contributed by atoms with E-state index < -0.39 is 17.5 Å². The van der Waals surface area contributed by atoms with Crippen LogP contribution < -0.4 is 14.8 Å². The molecule has 0 spiro atoms. The molecular formula is C26H27F3N4O2. The fourth-order valence-electron chi connectivity index (χ4n) is 5.17. The van der Waals surface area contributed by atoms with Crippen molar-refractivity contribution in [3.8, 4) is 22.8 Å². The van der Waals surface area contributed by atoms with Gasteiger partial charge >= 0.3 is 0 Å². The van der Waals surface area contributed by atoms with Gasteiger partial charge in [0.25, 0.3) is 0 Å². The Balaban J connectivity index is 1.09. The van der Waals surface area contributed by atoms with Gasteiger partial charge in [0.05, 0.1) is 12.8 Å². The summed E-state index contributed by atoms with van der Waals surface area (Å²) in [6.07, 6.45) is 2.07. The number of likely N-dealkylation sites (tertiary alicyclic amines) is 1. The monoisotopic (exact) mass is 484 g/mol. The highest BCUT2D eigenvalue weighted by atomic mass is 19.2. The van der Waals surface area contributed by atoms with E-state index in [1.165, 1.54) is 6.07 Å². The van der Waals surface area contributed by atoms with Crippen LogP contribution in [0.1, 0.15) is 12.8 Å². The zero-order chi connectivity index (χ0) is 24.4. The Morgan fingerprint density at radius 1 is 0.943 bits per heavy atom. The van der Waals surface area contributed by atoms with Gasteiger partial charge in [-0.05, 0) is 67.1 Å². The Kier molecular flexibility index (Phi) is 6.77. The zero-order valence-corrected chi connectivity index (χ0v) is 19.4. The van der Waals surface area contributed by atoms with Gasteiger partial charge in [0.15, 0.2) is 11.6 Å². The Morgan fingerprint density at radius 3 is 2.31 bits per heavy atom. The topological polar surface area (TPSA) is 59.5 Å². The molecule has 184 valence electrons. The first-order valence-electron chi connectivity index (χ1n) is 11.7. The van der Waals surface area contributed by atoms with Crippen molar-refractivity contribution in [1.29, 1.82) is 0 Å². The van der Waals surface area contributed by atoms with E-state index in [2.05, 4.69) is 20.4 Å². The molecule has 1 aliphatic carbocycles. The first-order valence-corrected chi connectivity index (χ1v) is 11.7. The SMILES string of the molecule is COc1ccc(OCCN2C[C@H]3C[C@H](Nc4ccc(-c5cc(F)cc(F)c5F)nn4)C[C@H]3C2)cc1. The van der Waals surface area contributed by atoms with E-state index in [1.807, 2.05) is 24.3 Å². The van der Waals surface area contributed by atoms with Gasteiger partial charge < -0.3 is 14.8 Å². The van der Waals surface area contributed by atoms with E-state index in [0.717, 1.165) is 50.0 Å².